The summed E-state index contributed by atoms with van der Waals surface area (Å²) >= 11 is 0. The van der Waals surface area contributed by atoms with Crippen molar-refractivity contribution in [1.29, 1.82) is 0 Å². The fraction of sp³-hybridized carbons (Fsp3) is 0.0741. The lowest BCUT2D eigenvalue weighted by atomic mass is 10.1. The number of benzene rings is 2. The van der Waals surface area contributed by atoms with Gasteiger partial charge in [0.05, 0.1) is 26.0 Å². The van der Waals surface area contributed by atoms with Gasteiger partial charge in [-0.15, -0.1) is 9.90 Å². The molecule has 5 rings (SSSR count). The monoisotopic (exact) mass is 496 g/mol. The first-order valence-corrected chi connectivity index (χ1v) is 11.1. The van der Waals surface area contributed by atoms with Crippen LogP contribution in [0.3, 0.4) is 0 Å². The average molecular weight is 496 g/mol. The minimum atomic E-state index is -0.743. The molecule has 0 radical (unpaired) electrons. The number of aromatic nitrogens is 3. The molecule has 0 N–H and O–H groups in total. The Morgan fingerprint density at radius 2 is 1.73 bits per heavy atom. The quantitative estimate of drug-likeness (QED) is 0.302. The van der Waals surface area contributed by atoms with Crippen LogP contribution >= 0.6 is 0 Å². The summed E-state index contributed by atoms with van der Waals surface area (Å²) < 4.78 is 15.4. The Morgan fingerprint density at radius 1 is 0.946 bits per heavy atom. The third-order valence-electron chi connectivity index (χ3n) is 5.65. The number of carbonyl (C=O) groups excluding carboxylic acids is 2. The number of esters is 2. The van der Waals surface area contributed by atoms with Crippen LogP contribution in [0.25, 0.3) is 27.9 Å². The van der Waals surface area contributed by atoms with Crippen LogP contribution in [0.5, 0.6) is 0 Å². The maximum Gasteiger partial charge on any atom is 0.364 e. The molecule has 2 aromatic carbocycles. The van der Waals surface area contributed by atoms with Gasteiger partial charge in [-0.1, -0.05) is 36.4 Å². The molecular formula is C27H20N4O6. The third kappa shape index (κ3) is 4.43. The van der Waals surface area contributed by atoms with E-state index in [9.17, 15) is 14.4 Å². The van der Waals surface area contributed by atoms with E-state index < -0.39 is 17.6 Å². The molecule has 0 amide bonds. The van der Waals surface area contributed by atoms with Crippen molar-refractivity contribution < 1.29 is 23.5 Å². The number of hydrogen-bond donors (Lipinski definition) is 0. The van der Waals surface area contributed by atoms with Gasteiger partial charge in [-0.25, -0.2) is 14.4 Å². The van der Waals surface area contributed by atoms with E-state index in [-0.39, 0.29) is 22.5 Å². The molecule has 10 heteroatoms. The van der Waals surface area contributed by atoms with Gasteiger partial charge in [0, 0.05) is 28.9 Å². The number of rotatable bonds is 5. The highest BCUT2D eigenvalue weighted by atomic mass is 16.5. The van der Waals surface area contributed by atoms with Crippen LogP contribution in [0.4, 0.5) is 5.69 Å². The van der Waals surface area contributed by atoms with Crippen LogP contribution in [0.2, 0.25) is 0 Å². The number of hydrogen-bond acceptors (Lipinski definition) is 9. The van der Waals surface area contributed by atoms with Crippen molar-refractivity contribution in [3.05, 3.63) is 107 Å². The highest BCUT2D eigenvalue weighted by Crippen LogP contribution is 2.29. The standard InChI is InChI=1S/C27H20N4O6/c1-35-25(32)20-10-6-7-13-30(24(20)27(34)36-2)19-12-11-18-14-22(26(33)37-23(18)15-19)31-28-16-21(29-31)17-8-4-3-5-9-17/h3-16H,1-2H3. The first-order chi connectivity index (χ1) is 18.0. The number of anilines is 1. The molecule has 0 saturated carbocycles. The van der Waals surface area contributed by atoms with Gasteiger partial charge in [-0.05, 0) is 30.4 Å². The maximum absolute atomic E-state index is 12.9. The number of nitrogens with zero attached hydrogens (tertiary/aromatic N) is 4. The maximum atomic E-state index is 12.9. The zero-order valence-electron chi connectivity index (χ0n) is 19.8. The lowest BCUT2D eigenvalue weighted by molar-refractivity contribution is -0.139. The minimum Gasteiger partial charge on any atom is -0.465 e. The van der Waals surface area contributed by atoms with Crippen LogP contribution in [-0.2, 0) is 19.1 Å². The Labute approximate surface area is 210 Å². The van der Waals surface area contributed by atoms with Crippen LogP contribution in [-0.4, -0.2) is 41.2 Å². The van der Waals surface area contributed by atoms with E-state index in [1.54, 1.807) is 48.8 Å². The predicted molar refractivity (Wildman–Crippen MR) is 135 cm³/mol. The number of allylic oxidation sites excluding steroid dienone is 2. The Kier molecular flexibility index (Phi) is 6.21. The minimum absolute atomic E-state index is 0.00947. The van der Waals surface area contributed by atoms with Crippen molar-refractivity contribution in [1.82, 2.24) is 15.0 Å². The van der Waals surface area contributed by atoms with Crippen molar-refractivity contribution in [3.63, 3.8) is 0 Å². The van der Waals surface area contributed by atoms with Gasteiger partial charge < -0.3 is 18.8 Å². The van der Waals surface area contributed by atoms with E-state index in [1.165, 1.54) is 30.0 Å². The van der Waals surface area contributed by atoms with E-state index in [1.807, 2.05) is 30.3 Å². The van der Waals surface area contributed by atoms with Gasteiger partial charge in [0.2, 0.25) is 0 Å². The van der Waals surface area contributed by atoms with E-state index >= 15 is 0 Å². The smallest absolute Gasteiger partial charge is 0.364 e. The second kappa shape index (κ2) is 9.78. The molecule has 0 spiro atoms. The van der Waals surface area contributed by atoms with Crippen molar-refractivity contribution in [2.24, 2.45) is 0 Å². The first kappa shape index (κ1) is 23.5. The Hall–Kier alpha value is -5.25. The van der Waals surface area contributed by atoms with Crippen molar-refractivity contribution in [2.45, 2.75) is 0 Å². The summed E-state index contributed by atoms with van der Waals surface area (Å²) in [5.41, 5.74) is 1.65. The predicted octanol–water partition coefficient (Wildman–Crippen LogP) is 3.53. The second-order valence-electron chi connectivity index (χ2n) is 7.84. The Morgan fingerprint density at radius 3 is 2.49 bits per heavy atom. The molecule has 1 aliphatic heterocycles. The number of carbonyl (C=O) groups is 2. The number of ether oxygens (including phenoxy) is 2. The van der Waals surface area contributed by atoms with Gasteiger partial charge in [-0.2, -0.15) is 5.10 Å². The molecule has 1 aliphatic rings. The largest absolute Gasteiger partial charge is 0.465 e. The first-order valence-electron chi connectivity index (χ1n) is 11.1. The summed E-state index contributed by atoms with van der Waals surface area (Å²) in [5, 5.41) is 9.24. The molecule has 37 heavy (non-hydrogen) atoms. The Balaban J connectivity index is 1.57. The average Bonchev–Trinajstić information content (AvgIpc) is 3.31. The van der Waals surface area contributed by atoms with Gasteiger partial charge in [-0.3, -0.25) is 0 Å². The molecular weight excluding hydrogens is 476 g/mol. The fourth-order valence-electron chi connectivity index (χ4n) is 3.86. The van der Waals surface area contributed by atoms with Crippen LogP contribution in [0, 0.1) is 0 Å². The molecule has 184 valence electrons. The molecule has 0 atom stereocenters. The molecule has 4 aromatic rings. The topological polar surface area (TPSA) is 117 Å². The van der Waals surface area contributed by atoms with E-state index in [0.29, 0.717) is 16.8 Å². The number of methoxy groups -OCH3 is 2. The lowest BCUT2D eigenvalue weighted by Gasteiger charge is -2.23. The zero-order valence-corrected chi connectivity index (χ0v) is 19.8. The van der Waals surface area contributed by atoms with E-state index in [2.05, 4.69) is 10.2 Å². The summed E-state index contributed by atoms with van der Waals surface area (Å²) in [5.74, 6) is -1.45. The van der Waals surface area contributed by atoms with Gasteiger partial charge in [0.15, 0.2) is 5.69 Å². The van der Waals surface area contributed by atoms with E-state index in [4.69, 9.17) is 13.9 Å². The molecule has 0 fully saturated rings. The van der Waals surface area contributed by atoms with Crippen molar-refractivity contribution >= 4 is 28.6 Å². The Bertz CT molecular complexity index is 1660. The SMILES string of the molecule is COC(=O)C1=C(C(=O)OC)N(c2ccc3cc(-n4ncc(-c5ccccc5)n4)c(=O)oc3c2)C=CC=C1. The normalized spacial score (nSPS) is 13.1. The summed E-state index contributed by atoms with van der Waals surface area (Å²) in [6, 6.07) is 16.1. The van der Waals surface area contributed by atoms with Gasteiger partial charge in [0.1, 0.15) is 17.0 Å². The highest BCUT2D eigenvalue weighted by Gasteiger charge is 2.27. The zero-order chi connectivity index (χ0) is 25.9. The summed E-state index contributed by atoms with van der Waals surface area (Å²) in [4.78, 5) is 40.6. The van der Waals surface area contributed by atoms with Crippen molar-refractivity contribution in [2.75, 3.05) is 19.1 Å². The molecule has 10 nitrogen and oxygen atoms in total. The van der Waals surface area contributed by atoms with Gasteiger partial charge >= 0.3 is 17.6 Å². The molecule has 0 unspecified atom stereocenters. The van der Waals surface area contributed by atoms with Crippen LogP contribution in [0.15, 0.2) is 106 Å². The summed E-state index contributed by atoms with van der Waals surface area (Å²) in [6.07, 6.45) is 7.87. The van der Waals surface area contributed by atoms with Crippen molar-refractivity contribution in [3.8, 4) is 16.9 Å². The molecule has 0 bridgehead atoms. The second-order valence-corrected chi connectivity index (χ2v) is 7.84. The number of fused-ring (bicyclic) bond motifs is 1. The lowest BCUT2D eigenvalue weighted by Crippen LogP contribution is -2.27. The molecule has 3 heterocycles. The van der Waals surface area contributed by atoms with E-state index in [0.717, 1.165) is 5.56 Å². The summed E-state index contributed by atoms with van der Waals surface area (Å²) in [7, 11) is 2.44. The fourth-order valence-corrected chi connectivity index (χ4v) is 3.86. The molecule has 0 aliphatic carbocycles. The molecule has 2 aromatic heterocycles. The van der Waals surface area contributed by atoms with Crippen LogP contribution in [0.1, 0.15) is 0 Å². The van der Waals surface area contributed by atoms with Crippen LogP contribution < -0.4 is 10.5 Å². The van der Waals surface area contributed by atoms with Gasteiger partial charge in [0.25, 0.3) is 0 Å². The summed E-state index contributed by atoms with van der Waals surface area (Å²) in [6.45, 7) is 0. The highest BCUT2D eigenvalue weighted by molar-refractivity contribution is 6.05. The molecule has 0 saturated heterocycles. The third-order valence-corrected chi connectivity index (χ3v) is 5.65.